The van der Waals surface area contributed by atoms with Gasteiger partial charge < -0.3 is 10.6 Å². The lowest BCUT2D eigenvalue weighted by Crippen LogP contribution is -2.38. The highest BCUT2D eigenvalue weighted by Gasteiger charge is 2.02. The predicted octanol–water partition coefficient (Wildman–Crippen LogP) is 1.42. The fraction of sp³-hybridized carbons (Fsp3) is 0.667. The molecule has 0 aromatic heterocycles. The van der Waals surface area contributed by atoms with Gasteiger partial charge in [0.15, 0.2) is 0 Å². The van der Waals surface area contributed by atoms with Crippen LogP contribution < -0.4 is 10.6 Å². The van der Waals surface area contributed by atoms with Crippen LogP contribution in [-0.4, -0.2) is 27.5 Å². The van der Waals surface area contributed by atoms with Crippen LogP contribution in [0.15, 0.2) is 0 Å². The van der Waals surface area contributed by atoms with E-state index >= 15 is 0 Å². The van der Waals surface area contributed by atoms with Crippen LogP contribution in [-0.2, 0) is 0 Å². The summed E-state index contributed by atoms with van der Waals surface area (Å²) >= 11 is 15.2. The van der Waals surface area contributed by atoms with Gasteiger partial charge in [-0.25, -0.2) is 0 Å². The molecule has 1 atom stereocenters. The summed E-state index contributed by atoms with van der Waals surface area (Å²) < 4.78 is 1.31. The van der Waals surface area contributed by atoms with E-state index in [2.05, 4.69) is 23.3 Å². The third-order valence-electron chi connectivity index (χ3n) is 1.11. The molecule has 0 fully saturated rings. The third kappa shape index (κ3) is 7.15. The minimum Gasteiger partial charge on any atom is -0.369 e. The van der Waals surface area contributed by atoms with Crippen molar-refractivity contribution in [3.8, 4) is 0 Å². The Labute approximate surface area is 93.7 Å². The molecule has 0 aliphatic rings. The average molecular weight is 240 g/mol. The van der Waals surface area contributed by atoms with Gasteiger partial charge in [-0.05, 0) is 13.2 Å². The number of nitrogens with one attached hydrogen (secondary N) is 2. The molecule has 0 amide bonds. The van der Waals surface area contributed by atoms with E-state index in [9.17, 15) is 0 Å². The second-order valence-electron chi connectivity index (χ2n) is 2.22. The molecule has 0 aromatic rings. The summed E-state index contributed by atoms with van der Waals surface area (Å²) in [5.74, 6) is 0. The molecule has 0 bridgehead atoms. The van der Waals surface area contributed by atoms with Crippen molar-refractivity contribution in [3.05, 3.63) is 0 Å². The molecule has 6 heteroatoms. The van der Waals surface area contributed by atoms with Crippen LogP contribution in [0.2, 0.25) is 0 Å². The van der Waals surface area contributed by atoms with E-state index in [0.717, 1.165) is 10.9 Å². The van der Waals surface area contributed by atoms with Crippen LogP contribution in [0, 0.1) is 0 Å². The first-order chi connectivity index (χ1) is 5.56. The van der Waals surface area contributed by atoms with E-state index in [1.165, 1.54) is 11.8 Å². The van der Waals surface area contributed by atoms with Gasteiger partial charge in [0.1, 0.15) is 8.64 Å². The van der Waals surface area contributed by atoms with Crippen molar-refractivity contribution < 1.29 is 0 Å². The molecule has 0 saturated heterocycles. The highest BCUT2D eigenvalue weighted by molar-refractivity contribution is 8.22. The zero-order valence-corrected chi connectivity index (χ0v) is 10.3. The van der Waals surface area contributed by atoms with Gasteiger partial charge in [0, 0.05) is 12.6 Å². The van der Waals surface area contributed by atoms with Crippen LogP contribution >= 0.6 is 48.8 Å². The third-order valence-corrected chi connectivity index (χ3v) is 2.52. The monoisotopic (exact) mass is 240 g/mol. The number of thiocarbonyl (C=S) groups is 2. The maximum absolute atomic E-state index is 4.98. The molecule has 2 N–H and O–H groups in total. The summed E-state index contributed by atoms with van der Waals surface area (Å²) in [5.41, 5.74) is 0. The summed E-state index contributed by atoms with van der Waals surface area (Å²) in [6, 6.07) is 0.273. The van der Waals surface area contributed by atoms with Crippen molar-refractivity contribution >= 4 is 57.5 Å². The Morgan fingerprint density at radius 1 is 1.58 bits per heavy atom. The minimum atomic E-state index is 0.273. The highest BCUT2D eigenvalue weighted by Crippen LogP contribution is 1.95. The number of thiol groups is 1. The molecule has 70 valence electrons. The molecule has 0 aliphatic heterocycles. The van der Waals surface area contributed by atoms with Gasteiger partial charge in [0.05, 0.1) is 0 Å². The fourth-order valence-electron chi connectivity index (χ4n) is 0.552. The maximum Gasteiger partial charge on any atom is 0.133 e. The largest absolute Gasteiger partial charge is 0.369 e. The lowest BCUT2D eigenvalue weighted by Gasteiger charge is -2.14. The molecular formula is C6H12N2S4. The lowest BCUT2D eigenvalue weighted by molar-refractivity contribution is 0.653. The zero-order chi connectivity index (χ0) is 9.56. The van der Waals surface area contributed by atoms with Crippen molar-refractivity contribution in [1.29, 1.82) is 0 Å². The van der Waals surface area contributed by atoms with Crippen molar-refractivity contribution in [3.63, 3.8) is 0 Å². The van der Waals surface area contributed by atoms with E-state index in [1.54, 1.807) is 0 Å². The minimum absolute atomic E-state index is 0.273. The Morgan fingerprint density at radius 2 is 2.17 bits per heavy atom. The van der Waals surface area contributed by atoms with Crippen LogP contribution in [0.3, 0.4) is 0 Å². The molecule has 0 aliphatic carbocycles. The Hall–Kier alpha value is 0.480. The van der Waals surface area contributed by atoms with Crippen LogP contribution in [0.5, 0.6) is 0 Å². The molecule has 0 spiro atoms. The van der Waals surface area contributed by atoms with Gasteiger partial charge in [-0.1, -0.05) is 24.4 Å². The van der Waals surface area contributed by atoms with Crippen LogP contribution in [0.25, 0.3) is 0 Å². The predicted molar refractivity (Wildman–Crippen MR) is 68.3 cm³/mol. The van der Waals surface area contributed by atoms with E-state index < -0.39 is 0 Å². The number of hydrogen-bond acceptors (Lipinski definition) is 3. The molecule has 0 aromatic carbocycles. The van der Waals surface area contributed by atoms with E-state index in [-0.39, 0.29) is 6.04 Å². The SMILES string of the molecule is CSC(=S)NC(C)CNC(=S)S. The topological polar surface area (TPSA) is 24.1 Å². The Bertz CT molecular complexity index is 171. The van der Waals surface area contributed by atoms with Crippen LogP contribution in [0.1, 0.15) is 6.92 Å². The first-order valence-corrected chi connectivity index (χ1v) is 5.86. The second-order valence-corrected chi connectivity index (χ2v) is 4.86. The van der Waals surface area contributed by atoms with Crippen molar-refractivity contribution in [2.45, 2.75) is 13.0 Å². The van der Waals surface area contributed by atoms with Gasteiger partial charge in [-0.3, -0.25) is 0 Å². The Kier molecular flexibility index (Phi) is 7.22. The lowest BCUT2D eigenvalue weighted by atomic mass is 10.3. The number of thioether (sulfide) groups is 1. The van der Waals surface area contributed by atoms with Crippen molar-refractivity contribution in [1.82, 2.24) is 10.6 Å². The molecule has 0 heterocycles. The quantitative estimate of drug-likeness (QED) is 0.512. The molecular weight excluding hydrogens is 228 g/mol. The highest BCUT2D eigenvalue weighted by atomic mass is 32.2. The molecule has 2 nitrogen and oxygen atoms in total. The molecule has 0 saturated carbocycles. The van der Waals surface area contributed by atoms with Gasteiger partial charge in [0.2, 0.25) is 0 Å². The summed E-state index contributed by atoms with van der Waals surface area (Å²) in [6.45, 7) is 2.77. The molecule has 0 rings (SSSR count). The maximum atomic E-state index is 4.98. The van der Waals surface area contributed by atoms with E-state index in [1.807, 2.05) is 13.2 Å². The normalized spacial score (nSPS) is 11.9. The average Bonchev–Trinajstić information content (AvgIpc) is 2.00. The van der Waals surface area contributed by atoms with E-state index in [0.29, 0.717) is 4.32 Å². The van der Waals surface area contributed by atoms with Crippen molar-refractivity contribution in [2.75, 3.05) is 12.8 Å². The smallest absolute Gasteiger partial charge is 0.133 e. The second kappa shape index (κ2) is 6.94. The van der Waals surface area contributed by atoms with Gasteiger partial charge in [0.25, 0.3) is 0 Å². The number of hydrogen-bond donors (Lipinski definition) is 3. The van der Waals surface area contributed by atoms with Gasteiger partial charge >= 0.3 is 0 Å². The van der Waals surface area contributed by atoms with Gasteiger partial charge in [-0.2, -0.15) is 0 Å². The zero-order valence-electron chi connectivity index (χ0n) is 6.96. The molecule has 1 unspecified atom stereocenters. The summed E-state index contributed by atoms with van der Waals surface area (Å²) in [6.07, 6.45) is 1.94. The molecule has 12 heavy (non-hydrogen) atoms. The van der Waals surface area contributed by atoms with Crippen molar-refractivity contribution in [2.24, 2.45) is 0 Å². The number of rotatable bonds is 3. The summed E-state index contributed by atoms with van der Waals surface area (Å²) in [5, 5.41) is 6.06. The Balaban J connectivity index is 3.52. The summed E-state index contributed by atoms with van der Waals surface area (Å²) in [7, 11) is 0. The summed E-state index contributed by atoms with van der Waals surface area (Å²) in [4.78, 5) is 0. The first kappa shape index (κ1) is 12.5. The molecule has 0 radical (unpaired) electrons. The van der Waals surface area contributed by atoms with Gasteiger partial charge in [-0.15, -0.1) is 24.4 Å². The first-order valence-electron chi connectivity index (χ1n) is 3.37. The fourth-order valence-corrected chi connectivity index (χ4v) is 1.25. The van der Waals surface area contributed by atoms with E-state index in [4.69, 9.17) is 24.4 Å². The standard InChI is InChI=1S/C6H12N2S4/c1-4(3-7-5(9)10)8-6(11)12-2/h4H,3H2,1-2H3,(H,8,11)(H2,7,9,10). The van der Waals surface area contributed by atoms with Crippen LogP contribution in [0.4, 0.5) is 0 Å². The Morgan fingerprint density at radius 3 is 2.58 bits per heavy atom.